The van der Waals surface area contributed by atoms with E-state index >= 15 is 0 Å². The maximum atomic E-state index is 13.1. The Labute approximate surface area is 177 Å². The summed E-state index contributed by atoms with van der Waals surface area (Å²) in [5.41, 5.74) is 0. The van der Waals surface area contributed by atoms with Gasteiger partial charge in [-0.05, 0) is 80.8 Å². The Morgan fingerprint density at radius 1 is 1.10 bits per heavy atom. The zero-order valence-corrected chi connectivity index (χ0v) is 18.0. The number of nitrogens with one attached hydrogen (secondary N) is 1. The van der Waals surface area contributed by atoms with E-state index in [2.05, 4.69) is 10.3 Å². The summed E-state index contributed by atoms with van der Waals surface area (Å²) in [6.45, 7) is 0.677. The number of aromatic nitrogens is 1. The molecule has 1 aliphatic heterocycles. The summed E-state index contributed by atoms with van der Waals surface area (Å²) in [5, 5.41) is 3.62. The predicted octanol–water partition coefficient (Wildman–Crippen LogP) is 3.08. The molecule has 5 fully saturated rings. The molecule has 1 amide bonds. The second kappa shape index (κ2) is 7.50. The number of nitrogens with zero attached hydrogens (tertiary/aromatic N) is 2. The molecule has 1 atom stereocenters. The van der Waals surface area contributed by atoms with Crippen LogP contribution >= 0.6 is 11.6 Å². The van der Waals surface area contributed by atoms with Crippen LogP contribution in [0.5, 0.6) is 0 Å². The van der Waals surface area contributed by atoms with Crippen molar-refractivity contribution in [2.45, 2.75) is 55.9 Å². The third-order valence-corrected chi connectivity index (χ3v) is 9.70. The second-order valence-corrected chi connectivity index (χ2v) is 11.8. The minimum atomic E-state index is -3.66. The maximum Gasteiger partial charge on any atom is 0.244 e. The topological polar surface area (TPSA) is 79.4 Å². The number of sulfonamides is 1. The van der Waals surface area contributed by atoms with E-state index in [1.165, 1.54) is 54.7 Å². The molecule has 0 radical (unpaired) electrons. The van der Waals surface area contributed by atoms with E-state index in [4.69, 9.17) is 11.6 Å². The number of halogens is 1. The van der Waals surface area contributed by atoms with Gasteiger partial charge in [-0.15, -0.1) is 0 Å². The lowest BCUT2D eigenvalue weighted by molar-refractivity contribution is -0.130. The molecule has 5 aliphatic rings. The van der Waals surface area contributed by atoms with E-state index in [1.54, 1.807) is 0 Å². The molecule has 4 aliphatic carbocycles. The fourth-order valence-electron chi connectivity index (χ4n) is 6.48. The van der Waals surface area contributed by atoms with Crippen molar-refractivity contribution in [1.29, 1.82) is 0 Å². The predicted molar refractivity (Wildman–Crippen MR) is 110 cm³/mol. The van der Waals surface area contributed by atoms with Gasteiger partial charge in [0.1, 0.15) is 10.0 Å². The average molecular weight is 438 g/mol. The molecule has 6 nitrogen and oxygen atoms in total. The lowest BCUT2D eigenvalue weighted by Crippen LogP contribution is -2.57. The molecule has 1 aromatic heterocycles. The molecule has 1 N–H and O–H groups in total. The molecule has 1 aromatic rings. The lowest BCUT2D eigenvalue weighted by atomic mass is 9.54. The Hall–Kier alpha value is -1.18. The zero-order chi connectivity index (χ0) is 20.2. The SMILES string of the molecule is O=C(NC1C2CC3CC(C2)CC1C3)[C@H]1CCCN(S(=O)(=O)c2ccc(Cl)nc2)C1. The number of carbonyl (C=O) groups excluding carboxylic acids is 1. The maximum absolute atomic E-state index is 13.1. The summed E-state index contributed by atoms with van der Waals surface area (Å²) in [5.74, 6) is 2.74. The highest BCUT2D eigenvalue weighted by molar-refractivity contribution is 7.89. The van der Waals surface area contributed by atoms with Gasteiger partial charge in [0.05, 0.1) is 5.92 Å². The molecular weight excluding hydrogens is 410 g/mol. The first-order valence-corrected chi connectivity index (χ1v) is 12.6. The highest BCUT2D eigenvalue weighted by Gasteiger charge is 2.49. The van der Waals surface area contributed by atoms with Crippen molar-refractivity contribution in [2.24, 2.45) is 29.6 Å². The van der Waals surface area contributed by atoms with Gasteiger partial charge in [0, 0.05) is 25.3 Å². The first-order chi connectivity index (χ1) is 13.9. The third-order valence-electron chi connectivity index (χ3n) is 7.63. The van der Waals surface area contributed by atoms with Crippen LogP contribution in [0.2, 0.25) is 5.15 Å². The number of carbonyl (C=O) groups is 1. The molecule has 0 unspecified atom stereocenters. The van der Waals surface area contributed by atoms with Crippen molar-refractivity contribution in [3.63, 3.8) is 0 Å². The molecule has 0 spiro atoms. The monoisotopic (exact) mass is 437 g/mol. The van der Waals surface area contributed by atoms with Crippen molar-refractivity contribution in [1.82, 2.24) is 14.6 Å². The van der Waals surface area contributed by atoms with Gasteiger partial charge in [-0.1, -0.05) is 11.6 Å². The van der Waals surface area contributed by atoms with Crippen LogP contribution in [0.3, 0.4) is 0 Å². The minimum Gasteiger partial charge on any atom is -0.353 e. The van der Waals surface area contributed by atoms with Gasteiger partial charge >= 0.3 is 0 Å². The number of hydrogen-bond donors (Lipinski definition) is 1. The highest BCUT2D eigenvalue weighted by atomic mass is 35.5. The van der Waals surface area contributed by atoms with Gasteiger partial charge in [0.15, 0.2) is 0 Å². The van der Waals surface area contributed by atoms with Crippen LogP contribution in [0.15, 0.2) is 23.2 Å². The number of rotatable bonds is 4. The Kier molecular flexibility index (Phi) is 5.11. The number of hydrogen-bond acceptors (Lipinski definition) is 4. The van der Waals surface area contributed by atoms with Gasteiger partial charge in [0.2, 0.25) is 15.9 Å². The van der Waals surface area contributed by atoms with Crippen molar-refractivity contribution < 1.29 is 13.2 Å². The largest absolute Gasteiger partial charge is 0.353 e. The van der Waals surface area contributed by atoms with Gasteiger partial charge in [-0.25, -0.2) is 13.4 Å². The average Bonchev–Trinajstić information content (AvgIpc) is 2.70. The quantitative estimate of drug-likeness (QED) is 0.734. The molecule has 2 heterocycles. The summed E-state index contributed by atoms with van der Waals surface area (Å²) < 4.78 is 27.4. The first kappa shape index (κ1) is 19.8. The number of piperidine rings is 1. The van der Waals surface area contributed by atoms with Gasteiger partial charge in [-0.2, -0.15) is 4.31 Å². The van der Waals surface area contributed by atoms with E-state index < -0.39 is 10.0 Å². The molecule has 6 rings (SSSR count). The van der Waals surface area contributed by atoms with E-state index in [-0.39, 0.29) is 28.4 Å². The Balaban J connectivity index is 1.26. The number of amides is 1. The van der Waals surface area contributed by atoms with Gasteiger partial charge in [-0.3, -0.25) is 4.79 Å². The molecule has 1 saturated heterocycles. The van der Waals surface area contributed by atoms with Crippen LogP contribution < -0.4 is 5.32 Å². The normalized spacial score (nSPS) is 36.9. The van der Waals surface area contributed by atoms with Crippen LogP contribution in [0.1, 0.15) is 44.9 Å². The molecule has 8 heteroatoms. The smallest absolute Gasteiger partial charge is 0.244 e. The van der Waals surface area contributed by atoms with Gasteiger partial charge in [0.25, 0.3) is 0 Å². The van der Waals surface area contributed by atoms with Crippen LogP contribution in [0, 0.1) is 29.6 Å². The number of pyridine rings is 1. The first-order valence-electron chi connectivity index (χ1n) is 10.8. The van der Waals surface area contributed by atoms with Crippen LogP contribution in [0.25, 0.3) is 0 Å². The molecular formula is C21H28ClN3O3S. The Bertz CT molecular complexity index is 861. The summed E-state index contributed by atoms with van der Waals surface area (Å²) in [6, 6.07) is 3.25. The fraction of sp³-hybridized carbons (Fsp3) is 0.714. The van der Waals surface area contributed by atoms with Crippen LogP contribution in [-0.2, 0) is 14.8 Å². The molecule has 4 bridgehead atoms. The van der Waals surface area contributed by atoms with E-state index in [0.29, 0.717) is 30.8 Å². The Morgan fingerprint density at radius 3 is 2.41 bits per heavy atom. The standard InChI is InChI=1S/C21H28ClN3O3S/c22-19-4-3-18(11-23-19)29(27,28)25-5-1-2-15(12-25)21(26)24-20-16-7-13-6-14(9-16)10-17(20)8-13/h3-4,11,13-17,20H,1-2,5-10,12H2,(H,24,26)/t13?,14?,15-,16?,17?,20?/m0/s1. The highest BCUT2D eigenvalue weighted by Crippen LogP contribution is 2.53. The molecule has 4 saturated carbocycles. The summed E-state index contributed by atoms with van der Waals surface area (Å²) in [7, 11) is -3.66. The zero-order valence-electron chi connectivity index (χ0n) is 16.5. The third kappa shape index (κ3) is 3.70. The van der Waals surface area contributed by atoms with Crippen LogP contribution in [0.4, 0.5) is 0 Å². The van der Waals surface area contributed by atoms with Crippen molar-refractivity contribution in [3.05, 3.63) is 23.5 Å². The fourth-order valence-corrected chi connectivity index (χ4v) is 8.06. The van der Waals surface area contributed by atoms with Crippen LogP contribution in [-0.4, -0.2) is 42.7 Å². The van der Waals surface area contributed by atoms with Crippen molar-refractivity contribution >= 4 is 27.5 Å². The van der Waals surface area contributed by atoms with E-state index in [0.717, 1.165) is 18.3 Å². The van der Waals surface area contributed by atoms with Crippen molar-refractivity contribution in [3.8, 4) is 0 Å². The van der Waals surface area contributed by atoms with E-state index in [9.17, 15) is 13.2 Å². The summed E-state index contributed by atoms with van der Waals surface area (Å²) in [4.78, 5) is 17.1. The van der Waals surface area contributed by atoms with E-state index in [1.807, 2.05) is 0 Å². The summed E-state index contributed by atoms with van der Waals surface area (Å²) >= 11 is 5.78. The lowest BCUT2D eigenvalue weighted by Gasteiger charge is -2.54. The molecule has 158 valence electrons. The second-order valence-electron chi connectivity index (χ2n) is 9.48. The molecule has 0 aromatic carbocycles. The van der Waals surface area contributed by atoms with Crippen molar-refractivity contribution in [2.75, 3.05) is 13.1 Å². The molecule has 29 heavy (non-hydrogen) atoms. The Morgan fingerprint density at radius 2 is 1.79 bits per heavy atom. The summed E-state index contributed by atoms with van der Waals surface area (Å²) in [6.07, 6.45) is 9.14. The van der Waals surface area contributed by atoms with Gasteiger partial charge < -0.3 is 5.32 Å². The minimum absolute atomic E-state index is 0.0385.